The van der Waals surface area contributed by atoms with Gasteiger partial charge in [-0.15, -0.1) is 11.8 Å². The molecule has 2 aromatic carbocycles. The molecule has 1 saturated heterocycles. The third-order valence-corrected chi connectivity index (χ3v) is 5.47. The molecule has 0 bridgehead atoms. The van der Waals surface area contributed by atoms with Crippen LogP contribution in [-0.4, -0.2) is 31.3 Å². The number of nitrogens with zero attached hydrogens (tertiary/aromatic N) is 1. The Kier molecular flexibility index (Phi) is 5.91. The van der Waals surface area contributed by atoms with Crippen LogP contribution < -0.4 is 20.3 Å². The number of benzene rings is 2. The van der Waals surface area contributed by atoms with Crippen molar-refractivity contribution in [2.75, 3.05) is 29.6 Å². The zero-order chi connectivity index (χ0) is 19.4. The van der Waals surface area contributed by atoms with E-state index in [2.05, 4.69) is 10.6 Å². The molecular formula is C20H23N3O3S. The van der Waals surface area contributed by atoms with Crippen molar-refractivity contribution < 1.29 is 14.3 Å². The monoisotopic (exact) mass is 385 g/mol. The van der Waals surface area contributed by atoms with Gasteiger partial charge in [0.15, 0.2) is 0 Å². The van der Waals surface area contributed by atoms with Gasteiger partial charge in [0.25, 0.3) is 0 Å². The Hall–Kier alpha value is -2.67. The van der Waals surface area contributed by atoms with Gasteiger partial charge in [-0.3, -0.25) is 9.69 Å². The predicted molar refractivity (Wildman–Crippen MR) is 110 cm³/mol. The van der Waals surface area contributed by atoms with E-state index in [-0.39, 0.29) is 17.3 Å². The summed E-state index contributed by atoms with van der Waals surface area (Å²) < 4.78 is 5.47. The second-order valence-electron chi connectivity index (χ2n) is 6.21. The van der Waals surface area contributed by atoms with E-state index in [1.165, 1.54) is 0 Å². The molecule has 1 heterocycles. The summed E-state index contributed by atoms with van der Waals surface area (Å²) in [5, 5.41) is 5.34. The first-order valence-electron chi connectivity index (χ1n) is 8.76. The second kappa shape index (κ2) is 8.35. The number of urea groups is 1. The summed E-state index contributed by atoms with van der Waals surface area (Å²) in [6, 6.07) is 13.2. The molecule has 27 heavy (non-hydrogen) atoms. The normalized spacial score (nSPS) is 16.3. The van der Waals surface area contributed by atoms with Crippen molar-refractivity contribution in [1.29, 1.82) is 0 Å². The summed E-state index contributed by atoms with van der Waals surface area (Å²) in [6.45, 7) is 4.43. The van der Waals surface area contributed by atoms with Gasteiger partial charge in [0, 0.05) is 12.2 Å². The van der Waals surface area contributed by atoms with Crippen LogP contribution in [0.5, 0.6) is 5.75 Å². The molecule has 0 aliphatic carbocycles. The standard InChI is InChI=1S/C20H23N3O3S/c1-4-21-20(25)22-15-8-6-14(7-9-15)19-23(18(24)12-27-19)16-11-13(2)5-10-17(16)26-3/h5-11,19H,4,12H2,1-3H3,(H2,21,22,25)/t19-/m0/s1. The Bertz CT molecular complexity index is 839. The van der Waals surface area contributed by atoms with E-state index < -0.39 is 0 Å². The Morgan fingerprint density at radius 2 is 2.00 bits per heavy atom. The number of hydrogen-bond acceptors (Lipinski definition) is 4. The first-order chi connectivity index (χ1) is 13.0. The van der Waals surface area contributed by atoms with Crippen molar-refractivity contribution in [3.8, 4) is 5.75 Å². The summed E-state index contributed by atoms with van der Waals surface area (Å²) in [4.78, 5) is 26.0. The van der Waals surface area contributed by atoms with Gasteiger partial charge in [0.1, 0.15) is 11.1 Å². The predicted octanol–water partition coefficient (Wildman–Crippen LogP) is 3.92. The molecule has 2 N–H and O–H groups in total. The fraction of sp³-hybridized carbons (Fsp3) is 0.300. The average molecular weight is 385 g/mol. The molecule has 1 atom stereocenters. The molecule has 1 aliphatic rings. The minimum atomic E-state index is -0.234. The topological polar surface area (TPSA) is 70.7 Å². The quantitative estimate of drug-likeness (QED) is 0.818. The Labute approximate surface area is 163 Å². The minimum Gasteiger partial charge on any atom is -0.495 e. The third-order valence-electron chi connectivity index (χ3n) is 4.25. The number of nitrogens with one attached hydrogen (secondary N) is 2. The summed E-state index contributed by atoms with van der Waals surface area (Å²) in [5.41, 5.74) is 3.55. The number of hydrogen-bond donors (Lipinski definition) is 2. The molecule has 0 radical (unpaired) electrons. The van der Waals surface area contributed by atoms with Crippen molar-refractivity contribution >= 4 is 35.1 Å². The molecule has 0 saturated carbocycles. The van der Waals surface area contributed by atoms with Crippen molar-refractivity contribution in [1.82, 2.24) is 5.32 Å². The maximum absolute atomic E-state index is 12.6. The van der Waals surface area contributed by atoms with Crippen LogP contribution in [0.4, 0.5) is 16.2 Å². The number of anilines is 2. The smallest absolute Gasteiger partial charge is 0.319 e. The zero-order valence-electron chi connectivity index (χ0n) is 15.6. The number of carbonyl (C=O) groups excluding carboxylic acids is 2. The molecule has 2 aromatic rings. The maximum atomic E-state index is 12.6. The van der Waals surface area contributed by atoms with Crippen LogP contribution in [-0.2, 0) is 4.79 Å². The lowest BCUT2D eigenvalue weighted by Crippen LogP contribution is -2.29. The lowest BCUT2D eigenvalue weighted by molar-refractivity contribution is -0.115. The van der Waals surface area contributed by atoms with Gasteiger partial charge in [0.05, 0.1) is 18.6 Å². The average Bonchev–Trinajstić information content (AvgIpc) is 3.04. The van der Waals surface area contributed by atoms with E-state index in [0.29, 0.717) is 23.7 Å². The van der Waals surface area contributed by atoms with Crippen LogP contribution in [0, 0.1) is 6.92 Å². The van der Waals surface area contributed by atoms with Crippen LogP contribution in [0.1, 0.15) is 23.4 Å². The van der Waals surface area contributed by atoms with Crippen molar-refractivity contribution in [3.63, 3.8) is 0 Å². The van der Waals surface area contributed by atoms with Crippen LogP contribution >= 0.6 is 11.8 Å². The number of aryl methyl sites for hydroxylation is 1. The molecule has 1 fully saturated rings. The third kappa shape index (κ3) is 4.19. The number of ether oxygens (including phenoxy) is 1. The van der Waals surface area contributed by atoms with Crippen LogP contribution in [0.25, 0.3) is 0 Å². The number of rotatable bonds is 5. The van der Waals surface area contributed by atoms with E-state index in [9.17, 15) is 9.59 Å². The number of amides is 3. The highest BCUT2D eigenvalue weighted by atomic mass is 32.2. The molecule has 0 spiro atoms. The number of methoxy groups -OCH3 is 1. The van der Waals surface area contributed by atoms with E-state index in [1.54, 1.807) is 23.8 Å². The van der Waals surface area contributed by atoms with Crippen molar-refractivity contribution in [2.24, 2.45) is 0 Å². The highest BCUT2D eigenvalue weighted by Crippen LogP contribution is 2.45. The van der Waals surface area contributed by atoms with Gasteiger partial charge in [-0.2, -0.15) is 0 Å². The molecule has 3 amide bonds. The second-order valence-corrected chi connectivity index (χ2v) is 7.28. The molecule has 0 aromatic heterocycles. The van der Waals surface area contributed by atoms with Crippen LogP contribution in [0.15, 0.2) is 42.5 Å². The minimum absolute atomic E-state index is 0.0541. The van der Waals surface area contributed by atoms with Gasteiger partial charge in [-0.25, -0.2) is 4.79 Å². The van der Waals surface area contributed by atoms with E-state index in [4.69, 9.17) is 4.74 Å². The SMILES string of the molecule is CCNC(=O)Nc1ccc([C@@H]2SCC(=O)N2c2cc(C)ccc2OC)cc1. The molecule has 142 valence electrons. The first kappa shape index (κ1) is 19.1. The van der Waals surface area contributed by atoms with E-state index in [1.807, 2.05) is 56.3 Å². The molecule has 1 aliphatic heterocycles. The van der Waals surface area contributed by atoms with Crippen LogP contribution in [0.3, 0.4) is 0 Å². The van der Waals surface area contributed by atoms with Gasteiger partial charge in [-0.05, 0) is 49.2 Å². The molecule has 7 heteroatoms. The van der Waals surface area contributed by atoms with Crippen molar-refractivity contribution in [3.05, 3.63) is 53.6 Å². The highest BCUT2D eigenvalue weighted by molar-refractivity contribution is 8.00. The molecule has 0 unspecified atom stereocenters. The largest absolute Gasteiger partial charge is 0.495 e. The summed E-state index contributed by atoms with van der Waals surface area (Å²) >= 11 is 1.58. The van der Waals surface area contributed by atoms with E-state index in [0.717, 1.165) is 16.8 Å². The molecular weight excluding hydrogens is 362 g/mol. The summed E-state index contributed by atoms with van der Waals surface area (Å²) in [6.07, 6.45) is 0. The van der Waals surface area contributed by atoms with Crippen LogP contribution in [0.2, 0.25) is 0 Å². The Balaban J connectivity index is 1.86. The van der Waals surface area contributed by atoms with Gasteiger partial charge in [-0.1, -0.05) is 18.2 Å². The Morgan fingerprint density at radius 1 is 1.26 bits per heavy atom. The first-order valence-corrected chi connectivity index (χ1v) is 9.81. The number of carbonyl (C=O) groups is 2. The summed E-state index contributed by atoms with van der Waals surface area (Å²) in [7, 11) is 1.61. The molecule has 3 rings (SSSR count). The maximum Gasteiger partial charge on any atom is 0.319 e. The fourth-order valence-electron chi connectivity index (χ4n) is 2.99. The molecule has 6 nitrogen and oxygen atoms in total. The zero-order valence-corrected chi connectivity index (χ0v) is 16.4. The highest BCUT2D eigenvalue weighted by Gasteiger charge is 2.35. The number of thioether (sulfide) groups is 1. The van der Waals surface area contributed by atoms with E-state index >= 15 is 0 Å². The summed E-state index contributed by atoms with van der Waals surface area (Å²) in [5.74, 6) is 1.15. The lowest BCUT2D eigenvalue weighted by atomic mass is 10.1. The van der Waals surface area contributed by atoms with Gasteiger partial charge in [0.2, 0.25) is 5.91 Å². The lowest BCUT2D eigenvalue weighted by Gasteiger charge is -2.26. The fourth-order valence-corrected chi connectivity index (χ4v) is 4.16. The van der Waals surface area contributed by atoms with Gasteiger partial charge >= 0.3 is 6.03 Å². The Morgan fingerprint density at radius 3 is 2.67 bits per heavy atom. The van der Waals surface area contributed by atoms with Gasteiger partial charge < -0.3 is 15.4 Å². The van der Waals surface area contributed by atoms with Crippen molar-refractivity contribution in [2.45, 2.75) is 19.2 Å².